The lowest BCUT2D eigenvalue weighted by molar-refractivity contribution is 1.36. The molecule has 88 valence electrons. The van der Waals surface area contributed by atoms with Crippen LogP contribution < -0.4 is 5.73 Å². The zero-order chi connectivity index (χ0) is 12.5. The second-order valence-corrected chi connectivity index (χ2v) is 4.49. The third kappa shape index (κ3) is 1.72. The lowest BCUT2D eigenvalue weighted by atomic mass is 9.98. The van der Waals surface area contributed by atoms with Crippen molar-refractivity contribution in [2.24, 2.45) is 0 Å². The van der Waals surface area contributed by atoms with E-state index in [9.17, 15) is 0 Å². The molecule has 0 aliphatic carbocycles. The maximum atomic E-state index is 6.01. The van der Waals surface area contributed by atoms with E-state index in [4.69, 9.17) is 5.73 Å². The Labute approximate surface area is 106 Å². The topological polar surface area (TPSA) is 38.9 Å². The van der Waals surface area contributed by atoms with Crippen LogP contribution in [0.15, 0.2) is 54.9 Å². The number of nitrogen functional groups attached to an aromatic ring is 1. The van der Waals surface area contributed by atoms with Crippen LogP contribution in [0.1, 0.15) is 5.56 Å². The minimum Gasteiger partial charge on any atom is -0.398 e. The number of nitrogens with zero attached hydrogens (tertiary/aromatic N) is 1. The third-order valence-electron chi connectivity index (χ3n) is 3.18. The molecule has 0 bridgehead atoms. The number of rotatable bonds is 1. The number of fused-ring (bicyclic) bond motifs is 1. The summed E-state index contributed by atoms with van der Waals surface area (Å²) in [5, 5.41) is 2.16. The van der Waals surface area contributed by atoms with Gasteiger partial charge in [-0.05, 0) is 30.2 Å². The summed E-state index contributed by atoms with van der Waals surface area (Å²) < 4.78 is 0. The summed E-state index contributed by atoms with van der Waals surface area (Å²) >= 11 is 0. The third-order valence-corrected chi connectivity index (χ3v) is 3.18. The van der Waals surface area contributed by atoms with Crippen LogP contribution in [0.2, 0.25) is 0 Å². The highest BCUT2D eigenvalue weighted by atomic mass is 14.6. The molecule has 0 fully saturated rings. The molecule has 18 heavy (non-hydrogen) atoms. The van der Waals surface area contributed by atoms with Crippen LogP contribution >= 0.6 is 0 Å². The summed E-state index contributed by atoms with van der Waals surface area (Å²) in [7, 11) is 0. The van der Waals surface area contributed by atoms with Gasteiger partial charge in [0.2, 0.25) is 0 Å². The highest BCUT2D eigenvalue weighted by molar-refractivity contribution is 6.02. The van der Waals surface area contributed by atoms with Crippen molar-refractivity contribution in [3.05, 3.63) is 60.4 Å². The van der Waals surface area contributed by atoms with Crippen LogP contribution in [0.4, 0.5) is 5.69 Å². The fraction of sp³-hybridized carbons (Fsp3) is 0.0625. The lowest BCUT2D eigenvalue weighted by Gasteiger charge is -2.09. The van der Waals surface area contributed by atoms with Crippen LogP contribution in [-0.4, -0.2) is 4.98 Å². The molecule has 2 aromatic carbocycles. The zero-order valence-electron chi connectivity index (χ0n) is 10.2. The van der Waals surface area contributed by atoms with Gasteiger partial charge >= 0.3 is 0 Å². The minimum atomic E-state index is 0.795. The average Bonchev–Trinajstić information content (AvgIpc) is 2.39. The zero-order valence-corrected chi connectivity index (χ0v) is 10.2. The van der Waals surface area contributed by atoms with Crippen LogP contribution in [0.25, 0.3) is 21.9 Å². The van der Waals surface area contributed by atoms with E-state index >= 15 is 0 Å². The molecule has 2 N–H and O–H groups in total. The Bertz CT molecular complexity index is 717. The van der Waals surface area contributed by atoms with E-state index in [-0.39, 0.29) is 0 Å². The van der Waals surface area contributed by atoms with Gasteiger partial charge in [-0.25, -0.2) is 0 Å². The number of pyridine rings is 1. The van der Waals surface area contributed by atoms with Gasteiger partial charge in [0.05, 0.1) is 0 Å². The Morgan fingerprint density at radius 1 is 1.00 bits per heavy atom. The van der Waals surface area contributed by atoms with Crippen LogP contribution in [0, 0.1) is 6.92 Å². The van der Waals surface area contributed by atoms with E-state index in [0.717, 1.165) is 16.5 Å². The molecule has 0 saturated heterocycles. The van der Waals surface area contributed by atoms with Gasteiger partial charge in [0.25, 0.3) is 0 Å². The molecule has 3 rings (SSSR count). The summed E-state index contributed by atoms with van der Waals surface area (Å²) in [4.78, 5) is 4.21. The van der Waals surface area contributed by atoms with Crippen molar-refractivity contribution >= 4 is 16.5 Å². The normalized spacial score (nSPS) is 10.7. The van der Waals surface area contributed by atoms with E-state index in [1.165, 1.54) is 16.7 Å². The Balaban J connectivity index is 2.33. The fourth-order valence-electron chi connectivity index (χ4n) is 2.28. The smallest absolute Gasteiger partial charge is 0.0395 e. The number of aromatic nitrogens is 1. The summed E-state index contributed by atoms with van der Waals surface area (Å²) in [5.41, 5.74) is 10.4. The highest BCUT2D eigenvalue weighted by Crippen LogP contribution is 2.31. The van der Waals surface area contributed by atoms with Gasteiger partial charge < -0.3 is 5.73 Å². The molecule has 0 unspecified atom stereocenters. The van der Waals surface area contributed by atoms with Crippen LogP contribution in [0.5, 0.6) is 0 Å². The maximum absolute atomic E-state index is 6.01. The number of nitrogens with two attached hydrogens (primary N) is 1. The van der Waals surface area contributed by atoms with Gasteiger partial charge in [-0.1, -0.05) is 35.9 Å². The van der Waals surface area contributed by atoms with Gasteiger partial charge in [0.1, 0.15) is 0 Å². The van der Waals surface area contributed by atoms with Gasteiger partial charge in [-0.15, -0.1) is 0 Å². The predicted octanol–water partition coefficient (Wildman–Crippen LogP) is 3.79. The van der Waals surface area contributed by atoms with Crippen LogP contribution in [0.3, 0.4) is 0 Å². The molecule has 0 amide bonds. The molecular formula is C16H14N2. The number of benzene rings is 2. The molecule has 2 heteroatoms. The van der Waals surface area contributed by atoms with Gasteiger partial charge in [0, 0.05) is 28.9 Å². The van der Waals surface area contributed by atoms with Crippen molar-refractivity contribution in [3.8, 4) is 11.1 Å². The summed E-state index contributed by atoms with van der Waals surface area (Å²) in [5.74, 6) is 0. The second-order valence-electron chi connectivity index (χ2n) is 4.49. The predicted molar refractivity (Wildman–Crippen MR) is 76.3 cm³/mol. The molecule has 0 atom stereocenters. The molecule has 2 nitrogen and oxygen atoms in total. The van der Waals surface area contributed by atoms with Gasteiger partial charge in [-0.3, -0.25) is 4.98 Å². The maximum Gasteiger partial charge on any atom is 0.0395 e. The first-order valence-corrected chi connectivity index (χ1v) is 5.95. The molecule has 0 aliphatic rings. The molecule has 0 aliphatic heterocycles. The molecular weight excluding hydrogens is 220 g/mol. The SMILES string of the molecule is Cc1cccc(-c2ccc(N)c3ccncc23)c1. The van der Waals surface area contributed by atoms with Crippen molar-refractivity contribution in [2.75, 3.05) is 5.73 Å². The summed E-state index contributed by atoms with van der Waals surface area (Å²) in [6.45, 7) is 2.10. The Kier molecular flexibility index (Phi) is 2.49. The molecule has 0 radical (unpaired) electrons. The van der Waals surface area contributed by atoms with Crippen molar-refractivity contribution in [1.29, 1.82) is 0 Å². The first-order chi connectivity index (χ1) is 8.75. The lowest BCUT2D eigenvalue weighted by Crippen LogP contribution is -1.90. The quantitative estimate of drug-likeness (QED) is 0.650. The Hall–Kier alpha value is -2.35. The highest BCUT2D eigenvalue weighted by Gasteiger charge is 2.06. The van der Waals surface area contributed by atoms with Gasteiger partial charge in [-0.2, -0.15) is 0 Å². The standard InChI is InChI=1S/C16H14N2/c1-11-3-2-4-12(9-11)13-5-6-16(17)14-7-8-18-10-15(13)14/h2-10H,17H2,1H3. The number of hydrogen-bond donors (Lipinski definition) is 1. The first-order valence-electron chi connectivity index (χ1n) is 5.95. The molecule has 0 spiro atoms. The molecule has 3 aromatic rings. The van der Waals surface area contributed by atoms with E-state index in [2.05, 4.69) is 42.2 Å². The summed E-state index contributed by atoms with van der Waals surface area (Å²) in [6, 6.07) is 14.4. The molecule has 1 heterocycles. The number of hydrogen-bond acceptors (Lipinski definition) is 2. The van der Waals surface area contributed by atoms with Crippen molar-refractivity contribution in [3.63, 3.8) is 0 Å². The van der Waals surface area contributed by atoms with E-state index in [0.29, 0.717) is 0 Å². The number of anilines is 1. The van der Waals surface area contributed by atoms with Crippen LogP contribution in [-0.2, 0) is 0 Å². The summed E-state index contributed by atoms with van der Waals surface area (Å²) in [6.07, 6.45) is 3.65. The first kappa shape index (κ1) is 10.8. The van der Waals surface area contributed by atoms with E-state index in [1.807, 2.05) is 18.3 Å². The Morgan fingerprint density at radius 3 is 2.72 bits per heavy atom. The monoisotopic (exact) mass is 234 g/mol. The fourth-order valence-corrected chi connectivity index (χ4v) is 2.28. The number of aryl methyl sites for hydroxylation is 1. The van der Waals surface area contributed by atoms with Crippen molar-refractivity contribution < 1.29 is 0 Å². The Morgan fingerprint density at radius 2 is 1.89 bits per heavy atom. The van der Waals surface area contributed by atoms with Gasteiger partial charge in [0.15, 0.2) is 0 Å². The van der Waals surface area contributed by atoms with E-state index < -0.39 is 0 Å². The minimum absolute atomic E-state index is 0.795. The average molecular weight is 234 g/mol. The van der Waals surface area contributed by atoms with Crippen molar-refractivity contribution in [1.82, 2.24) is 4.98 Å². The molecule has 1 aromatic heterocycles. The van der Waals surface area contributed by atoms with E-state index in [1.54, 1.807) is 6.20 Å². The van der Waals surface area contributed by atoms with Crippen molar-refractivity contribution in [2.45, 2.75) is 6.92 Å². The molecule has 0 saturated carbocycles. The largest absolute Gasteiger partial charge is 0.398 e. The second kappa shape index (κ2) is 4.15.